The Morgan fingerprint density at radius 2 is 1.67 bits per heavy atom. The van der Waals surface area contributed by atoms with Crippen LogP contribution in [-0.2, 0) is 0 Å². The van der Waals surface area contributed by atoms with Crippen molar-refractivity contribution in [2.75, 3.05) is 0 Å². The fraction of sp³-hybridized carbons (Fsp3) is 0.727. The number of nitrogens with zero attached hydrogens (tertiary/aromatic N) is 1. The highest BCUT2D eigenvalue weighted by Gasteiger charge is 1.98. The van der Waals surface area contributed by atoms with Crippen LogP contribution in [0, 0.1) is 5.92 Å². The van der Waals surface area contributed by atoms with Gasteiger partial charge in [-0.15, -0.1) is 0 Å². The van der Waals surface area contributed by atoms with Gasteiger partial charge in [0.1, 0.15) is 0 Å². The first kappa shape index (κ1) is 11.4. The Morgan fingerprint density at radius 3 is 2.00 bits per heavy atom. The van der Waals surface area contributed by atoms with Crippen molar-refractivity contribution in [3.8, 4) is 0 Å². The van der Waals surface area contributed by atoms with E-state index in [9.17, 15) is 0 Å². The van der Waals surface area contributed by atoms with Gasteiger partial charge in [-0.05, 0) is 33.1 Å². The zero-order chi connectivity index (χ0) is 9.72. The van der Waals surface area contributed by atoms with Crippen LogP contribution in [0.5, 0.6) is 0 Å². The number of rotatable bonds is 3. The minimum Gasteiger partial charge on any atom is -0.263 e. The topological polar surface area (TPSA) is 12.4 Å². The highest BCUT2D eigenvalue weighted by molar-refractivity contribution is 5.84. The Bertz CT molecular complexity index is 197. The predicted molar refractivity (Wildman–Crippen MR) is 56.6 cm³/mol. The maximum absolute atomic E-state index is 4.54. The summed E-state index contributed by atoms with van der Waals surface area (Å²) in [5.41, 5.74) is 3.79. The summed E-state index contributed by atoms with van der Waals surface area (Å²) in [5.74, 6) is 0.560. The number of hydrogen-bond donors (Lipinski definition) is 0. The van der Waals surface area contributed by atoms with Crippen LogP contribution in [0.25, 0.3) is 0 Å². The van der Waals surface area contributed by atoms with Crippen molar-refractivity contribution in [2.24, 2.45) is 10.9 Å². The van der Waals surface area contributed by atoms with Crippen molar-refractivity contribution in [3.05, 3.63) is 11.3 Å². The smallest absolute Gasteiger partial charge is 0.0361 e. The van der Waals surface area contributed by atoms with E-state index >= 15 is 0 Å². The molecule has 0 aromatic rings. The summed E-state index contributed by atoms with van der Waals surface area (Å²) >= 11 is 0. The van der Waals surface area contributed by atoms with E-state index in [1.165, 1.54) is 17.0 Å². The first-order valence-corrected chi connectivity index (χ1v) is 4.70. The molecule has 0 aliphatic heterocycles. The summed E-state index contributed by atoms with van der Waals surface area (Å²) in [6.07, 6.45) is 1.10. The van der Waals surface area contributed by atoms with E-state index in [-0.39, 0.29) is 0 Å². The molecule has 70 valence electrons. The first-order chi connectivity index (χ1) is 5.49. The second kappa shape index (κ2) is 5.13. The molecule has 0 heterocycles. The van der Waals surface area contributed by atoms with Crippen LogP contribution in [0.2, 0.25) is 0 Å². The quantitative estimate of drug-likeness (QED) is 0.567. The highest BCUT2D eigenvalue weighted by atomic mass is 14.7. The minimum absolute atomic E-state index is 0.560. The van der Waals surface area contributed by atoms with Crippen molar-refractivity contribution >= 4 is 5.71 Å². The molecule has 1 nitrogen and oxygen atoms in total. The lowest BCUT2D eigenvalue weighted by atomic mass is 10.1. The molecule has 0 saturated carbocycles. The molecule has 0 fully saturated rings. The molecule has 12 heavy (non-hydrogen) atoms. The molecule has 0 aliphatic carbocycles. The van der Waals surface area contributed by atoms with Gasteiger partial charge in [-0.2, -0.15) is 0 Å². The molecular formula is C11H21N. The third-order valence-corrected chi connectivity index (χ3v) is 2.33. The Kier molecular flexibility index (Phi) is 4.87. The van der Waals surface area contributed by atoms with Crippen molar-refractivity contribution in [1.29, 1.82) is 0 Å². The van der Waals surface area contributed by atoms with E-state index in [1.807, 2.05) is 0 Å². The maximum atomic E-state index is 4.54. The van der Waals surface area contributed by atoms with E-state index < -0.39 is 0 Å². The predicted octanol–water partition coefficient (Wildman–Crippen LogP) is 3.81. The van der Waals surface area contributed by atoms with Gasteiger partial charge in [0.2, 0.25) is 0 Å². The lowest BCUT2D eigenvalue weighted by Gasteiger charge is -2.05. The normalized spacial score (nSPS) is 15.1. The molecule has 0 unspecified atom stereocenters. The standard InChI is InChI=1S/C11H21N/c1-7-9(4)11(6)12-10(5)8(2)3/h8H,7H2,1-6H3. The largest absolute Gasteiger partial charge is 0.263 e. The second-order valence-corrected chi connectivity index (χ2v) is 3.63. The minimum atomic E-state index is 0.560. The summed E-state index contributed by atoms with van der Waals surface area (Å²) in [6, 6.07) is 0. The number of aliphatic imine (C=N–C) groups is 1. The van der Waals surface area contributed by atoms with Crippen molar-refractivity contribution in [1.82, 2.24) is 0 Å². The van der Waals surface area contributed by atoms with Gasteiger partial charge in [-0.1, -0.05) is 26.3 Å². The van der Waals surface area contributed by atoms with Gasteiger partial charge in [-0.3, -0.25) is 4.99 Å². The number of hydrogen-bond acceptors (Lipinski definition) is 1. The van der Waals surface area contributed by atoms with E-state index in [0.717, 1.165) is 6.42 Å². The van der Waals surface area contributed by atoms with Gasteiger partial charge in [-0.25, -0.2) is 0 Å². The lowest BCUT2D eigenvalue weighted by molar-refractivity contribution is 0.872. The molecule has 0 aromatic carbocycles. The summed E-state index contributed by atoms with van der Waals surface area (Å²) in [4.78, 5) is 4.54. The molecule has 0 atom stereocenters. The molecule has 0 amide bonds. The Morgan fingerprint density at radius 1 is 1.17 bits per heavy atom. The summed E-state index contributed by atoms with van der Waals surface area (Å²) in [7, 11) is 0. The molecule has 0 aromatic heterocycles. The van der Waals surface area contributed by atoms with Crippen LogP contribution in [0.15, 0.2) is 16.3 Å². The molecule has 0 saturated heterocycles. The average molecular weight is 167 g/mol. The number of allylic oxidation sites excluding steroid dienone is 2. The molecule has 0 rings (SSSR count). The zero-order valence-corrected chi connectivity index (χ0v) is 9.23. The third kappa shape index (κ3) is 3.70. The molecular weight excluding hydrogens is 146 g/mol. The van der Waals surface area contributed by atoms with E-state index in [0.29, 0.717) is 5.92 Å². The Balaban J connectivity index is 4.53. The second-order valence-electron chi connectivity index (χ2n) is 3.63. The third-order valence-electron chi connectivity index (χ3n) is 2.33. The van der Waals surface area contributed by atoms with Crippen LogP contribution in [-0.4, -0.2) is 5.71 Å². The van der Waals surface area contributed by atoms with E-state index in [4.69, 9.17) is 0 Å². The average Bonchev–Trinajstić information content (AvgIpc) is 2.02. The summed E-state index contributed by atoms with van der Waals surface area (Å²) in [6.45, 7) is 12.8. The fourth-order valence-corrected chi connectivity index (χ4v) is 0.745. The van der Waals surface area contributed by atoms with Crippen LogP contribution in [0.4, 0.5) is 0 Å². The molecule has 1 heteroatoms. The molecule has 0 N–H and O–H groups in total. The Hall–Kier alpha value is -0.590. The van der Waals surface area contributed by atoms with Gasteiger partial charge in [0.15, 0.2) is 0 Å². The monoisotopic (exact) mass is 167 g/mol. The van der Waals surface area contributed by atoms with Crippen LogP contribution < -0.4 is 0 Å². The lowest BCUT2D eigenvalue weighted by Crippen LogP contribution is -2.01. The fourth-order valence-electron chi connectivity index (χ4n) is 0.745. The van der Waals surface area contributed by atoms with Gasteiger partial charge >= 0.3 is 0 Å². The summed E-state index contributed by atoms with van der Waals surface area (Å²) in [5, 5.41) is 0. The van der Waals surface area contributed by atoms with E-state index in [2.05, 4.69) is 46.5 Å². The van der Waals surface area contributed by atoms with Gasteiger partial charge in [0, 0.05) is 11.4 Å². The van der Waals surface area contributed by atoms with Crippen molar-refractivity contribution in [2.45, 2.75) is 48.0 Å². The van der Waals surface area contributed by atoms with Gasteiger partial charge in [0.25, 0.3) is 0 Å². The van der Waals surface area contributed by atoms with E-state index in [1.54, 1.807) is 0 Å². The highest BCUT2D eigenvalue weighted by Crippen LogP contribution is 2.10. The van der Waals surface area contributed by atoms with Gasteiger partial charge in [0.05, 0.1) is 0 Å². The molecule has 0 spiro atoms. The van der Waals surface area contributed by atoms with Crippen molar-refractivity contribution < 1.29 is 0 Å². The van der Waals surface area contributed by atoms with Crippen molar-refractivity contribution in [3.63, 3.8) is 0 Å². The Labute approximate surface area is 76.6 Å². The van der Waals surface area contributed by atoms with Crippen LogP contribution >= 0.6 is 0 Å². The van der Waals surface area contributed by atoms with Gasteiger partial charge < -0.3 is 0 Å². The SMILES string of the molecule is CCC(C)=C(C)N=C(C)C(C)C. The summed E-state index contributed by atoms with van der Waals surface area (Å²) < 4.78 is 0. The molecule has 0 aliphatic rings. The maximum Gasteiger partial charge on any atom is 0.0361 e. The first-order valence-electron chi connectivity index (χ1n) is 4.70. The molecule has 0 radical (unpaired) electrons. The zero-order valence-electron chi connectivity index (χ0n) is 9.23. The molecule has 0 bridgehead atoms. The van der Waals surface area contributed by atoms with Crippen LogP contribution in [0.1, 0.15) is 48.0 Å². The van der Waals surface area contributed by atoms with Crippen LogP contribution in [0.3, 0.4) is 0 Å².